The molecule has 15 heteroatoms. The number of nitrogens with zero attached hydrogens (tertiary/aromatic N) is 2. The zero-order chi connectivity index (χ0) is 33.0. The number of amides is 1. The number of aromatic nitrogens is 2. The maximum absolute atomic E-state index is 15.0. The minimum Gasteiger partial charge on any atom is -0.475 e. The van der Waals surface area contributed by atoms with Gasteiger partial charge in [-0.25, -0.2) is 14.2 Å². The van der Waals surface area contributed by atoms with Gasteiger partial charge in [-0.3, -0.25) is 9.59 Å². The van der Waals surface area contributed by atoms with E-state index in [-0.39, 0.29) is 42.9 Å². The highest BCUT2D eigenvalue weighted by atomic mass is 19.4. The number of rotatable bonds is 5. The van der Waals surface area contributed by atoms with Crippen LogP contribution in [0.2, 0.25) is 0 Å². The van der Waals surface area contributed by atoms with E-state index in [1.165, 1.54) is 6.07 Å². The molecule has 4 heterocycles. The molecule has 0 saturated heterocycles. The second-order valence-corrected chi connectivity index (χ2v) is 11.3. The van der Waals surface area contributed by atoms with Crippen LogP contribution in [0.15, 0.2) is 16.9 Å². The van der Waals surface area contributed by atoms with Crippen molar-refractivity contribution < 1.29 is 47.2 Å². The highest BCUT2D eigenvalue weighted by molar-refractivity contribution is 5.93. The van der Waals surface area contributed by atoms with Crippen molar-refractivity contribution in [2.24, 2.45) is 5.73 Å². The number of hydrogen-bond acceptors (Lipinski definition) is 8. The average Bonchev–Trinajstić information content (AvgIpc) is 3.36. The maximum Gasteiger partial charge on any atom is 0.490 e. The van der Waals surface area contributed by atoms with Gasteiger partial charge in [0.2, 0.25) is 5.91 Å². The molecule has 45 heavy (non-hydrogen) atoms. The van der Waals surface area contributed by atoms with Gasteiger partial charge in [-0.2, -0.15) is 13.2 Å². The fourth-order valence-electron chi connectivity index (χ4n) is 6.34. The zero-order valence-electron chi connectivity index (χ0n) is 24.4. The van der Waals surface area contributed by atoms with Crippen molar-refractivity contribution in [1.29, 1.82) is 0 Å². The van der Waals surface area contributed by atoms with Crippen LogP contribution in [-0.4, -0.2) is 55.8 Å². The number of carboxylic acid groups (broad SMARTS) is 1. The van der Waals surface area contributed by atoms with E-state index in [9.17, 15) is 37.4 Å². The number of nitrogens with two attached hydrogens (primary N) is 1. The van der Waals surface area contributed by atoms with E-state index in [0.717, 1.165) is 22.1 Å². The Hall–Kier alpha value is -3.92. The maximum atomic E-state index is 15.0. The molecule has 0 spiro atoms. The predicted molar refractivity (Wildman–Crippen MR) is 151 cm³/mol. The van der Waals surface area contributed by atoms with Gasteiger partial charge in [0, 0.05) is 34.6 Å². The van der Waals surface area contributed by atoms with Crippen LogP contribution in [0.1, 0.15) is 72.0 Å². The third kappa shape index (κ3) is 5.47. The van der Waals surface area contributed by atoms with E-state index >= 15 is 0 Å². The number of halogens is 4. The number of fused-ring (bicyclic) bond motifs is 5. The number of carbonyl (C=O) groups is 2. The second kappa shape index (κ2) is 11.8. The van der Waals surface area contributed by atoms with E-state index in [1.54, 1.807) is 24.5 Å². The molecule has 0 radical (unpaired) electrons. The first-order valence-electron chi connectivity index (χ1n) is 14.4. The van der Waals surface area contributed by atoms with Crippen molar-refractivity contribution in [3.8, 4) is 11.4 Å². The molecule has 3 atom stereocenters. The summed E-state index contributed by atoms with van der Waals surface area (Å²) in [7, 11) is 0. The van der Waals surface area contributed by atoms with Crippen molar-refractivity contribution >= 4 is 22.8 Å². The Kier molecular flexibility index (Phi) is 8.50. The molecular weight excluding hydrogens is 604 g/mol. The number of carboxylic acids is 1. The number of aliphatic hydroxyl groups excluding tert-OH is 1. The Morgan fingerprint density at radius 1 is 1.24 bits per heavy atom. The quantitative estimate of drug-likeness (QED) is 0.206. The number of hydrogen-bond donors (Lipinski definition) is 5. The number of nitrogens with one attached hydrogen (secondary N) is 1. The van der Waals surface area contributed by atoms with E-state index in [1.807, 2.05) is 0 Å². The summed E-state index contributed by atoms with van der Waals surface area (Å²) < 4.78 is 53.7. The molecule has 1 aliphatic carbocycles. The second-order valence-electron chi connectivity index (χ2n) is 11.3. The van der Waals surface area contributed by atoms with Crippen LogP contribution < -0.4 is 16.6 Å². The zero-order valence-corrected chi connectivity index (χ0v) is 24.4. The van der Waals surface area contributed by atoms with Gasteiger partial charge in [0.05, 0.1) is 36.1 Å². The van der Waals surface area contributed by atoms with Gasteiger partial charge in [0.1, 0.15) is 11.4 Å². The fraction of sp³-hybridized carbons (Fsp3) is 0.467. The number of alkyl halides is 3. The first kappa shape index (κ1) is 32.5. The monoisotopic (exact) mass is 636 g/mol. The topological polar surface area (TPSA) is 177 Å². The van der Waals surface area contributed by atoms with Crippen molar-refractivity contribution in [3.63, 3.8) is 0 Å². The van der Waals surface area contributed by atoms with Crippen LogP contribution in [0.5, 0.6) is 0 Å². The van der Waals surface area contributed by atoms with Gasteiger partial charge in [0.15, 0.2) is 6.29 Å². The Morgan fingerprint density at radius 2 is 1.93 bits per heavy atom. The minimum atomic E-state index is -5.08. The van der Waals surface area contributed by atoms with Crippen LogP contribution in [0.4, 0.5) is 17.6 Å². The number of benzene rings is 1. The highest BCUT2D eigenvalue weighted by Gasteiger charge is 2.45. The molecule has 0 fully saturated rings. The molecule has 242 valence electrons. The lowest BCUT2D eigenvalue weighted by Crippen LogP contribution is -2.47. The predicted octanol–water partition coefficient (Wildman–Crippen LogP) is 2.79. The Bertz CT molecular complexity index is 1770. The van der Waals surface area contributed by atoms with Crippen molar-refractivity contribution in [2.75, 3.05) is 6.54 Å². The summed E-state index contributed by atoms with van der Waals surface area (Å²) in [6.45, 7) is 3.99. The number of aliphatic hydroxyl groups is 2. The van der Waals surface area contributed by atoms with Crippen LogP contribution >= 0.6 is 0 Å². The van der Waals surface area contributed by atoms with Crippen molar-refractivity contribution in [1.82, 2.24) is 14.9 Å². The molecule has 1 unspecified atom stereocenters. The third-order valence-corrected chi connectivity index (χ3v) is 8.72. The standard InChI is InChI=1S/C28H31FN4O5.C2HF3O2/c1-3-28(37)17-9-21-25-15(11-33(21)26(35)16(17)12-38-27(28)36)24-19(31-22(34)5-4-8-30)7-6-14-13(2)18(29)10-20(32-25)23(14)24;3-2(4,5)1(6)7/h9-10,19,27,36-37H,3-8,11-12,30H2,1-2H3,(H,31,34);(H,6,7)/t19-,27?,28-;/m0./s1. The number of carbonyl (C=O) groups excluding carboxylic acids is 1. The molecule has 6 rings (SSSR count). The summed E-state index contributed by atoms with van der Waals surface area (Å²) in [5.74, 6) is -3.21. The molecule has 3 aliphatic rings. The largest absolute Gasteiger partial charge is 0.490 e. The van der Waals surface area contributed by atoms with Crippen LogP contribution in [-0.2, 0) is 39.5 Å². The average molecular weight is 637 g/mol. The lowest BCUT2D eigenvalue weighted by Gasteiger charge is -2.37. The van der Waals surface area contributed by atoms with Crippen molar-refractivity contribution in [3.05, 3.63) is 61.7 Å². The van der Waals surface area contributed by atoms with E-state index in [0.29, 0.717) is 65.8 Å². The van der Waals surface area contributed by atoms with Gasteiger partial charge in [-0.05, 0) is 61.9 Å². The SMILES string of the molecule is CC[C@]1(O)c2cc3n(c(=O)c2COC1O)Cc1c-3nc2cc(F)c(C)c3c2c1[C@@H](NC(=O)CCCN)CC3.O=C(O)C(F)(F)F. The number of aliphatic carboxylic acids is 1. The van der Waals surface area contributed by atoms with Gasteiger partial charge in [0.25, 0.3) is 5.56 Å². The van der Waals surface area contributed by atoms with Crippen LogP contribution in [0.25, 0.3) is 22.3 Å². The Morgan fingerprint density at radius 3 is 2.56 bits per heavy atom. The Balaban J connectivity index is 0.000000515. The summed E-state index contributed by atoms with van der Waals surface area (Å²) in [6, 6.07) is 2.79. The fourth-order valence-corrected chi connectivity index (χ4v) is 6.34. The number of ether oxygens (including phenoxy) is 1. The van der Waals surface area contributed by atoms with Crippen molar-refractivity contribution in [2.45, 2.75) is 83.2 Å². The Labute approximate surface area is 253 Å². The lowest BCUT2D eigenvalue weighted by atomic mass is 9.81. The number of aryl methyl sites for hydroxylation is 1. The normalized spacial score (nSPS) is 21.4. The lowest BCUT2D eigenvalue weighted by molar-refractivity contribution is -0.236. The minimum absolute atomic E-state index is 0.108. The van der Waals surface area contributed by atoms with E-state index < -0.39 is 24.0 Å². The molecular formula is C30H32F4N4O7. The van der Waals surface area contributed by atoms with Crippen LogP contribution in [0, 0.1) is 12.7 Å². The molecule has 2 aromatic heterocycles. The summed E-state index contributed by atoms with van der Waals surface area (Å²) in [5.41, 5.74) is 8.71. The van der Waals surface area contributed by atoms with Gasteiger partial charge in [-0.15, -0.1) is 0 Å². The molecule has 1 amide bonds. The molecule has 2 aliphatic heterocycles. The van der Waals surface area contributed by atoms with Gasteiger partial charge < -0.3 is 35.7 Å². The summed E-state index contributed by atoms with van der Waals surface area (Å²) in [6.07, 6.45) is -4.35. The van der Waals surface area contributed by atoms with Gasteiger partial charge in [-0.1, -0.05) is 6.92 Å². The highest BCUT2D eigenvalue weighted by Crippen LogP contribution is 2.46. The molecule has 3 aromatic rings. The third-order valence-electron chi connectivity index (χ3n) is 8.72. The first-order chi connectivity index (χ1) is 21.1. The number of pyridine rings is 2. The molecule has 0 bridgehead atoms. The summed E-state index contributed by atoms with van der Waals surface area (Å²) in [4.78, 5) is 40.1. The molecule has 0 saturated carbocycles. The smallest absolute Gasteiger partial charge is 0.475 e. The molecule has 6 N–H and O–H groups in total. The van der Waals surface area contributed by atoms with E-state index in [2.05, 4.69) is 5.32 Å². The van der Waals surface area contributed by atoms with Crippen LogP contribution in [0.3, 0.4) is 0 Å². The van der Waals surface area contributed by atoms with E-state index in [4.69, 9.17) is 25.4 Å². The molecule has 11 nitrogen and oxygen atoms in total. The molecule has 1 aromatic carbocycles. The van der Waals surface area contributed by atoms with Gasteiger partial charge >= 0.3 is 12.1 Å². The summed E-state index contributed by atoms with van der Waals surface area (Å²) in [5, 5.41) is 32.8. The first-order valence-corrected chi connectivity index (χ1v) is 14.4. The summed E-state index contributed by atoms with van der Waals surface area (Å²) >= 11 is 0.